The Morgan fingerprint density at radius 3 is 2.46 bits per heavy atom. The van der Waals surface area contributed by atoms with Gasteiger partial charge in [0.15, 0.2) is 0 Å². The number of hydrogen-bond donors (Lipinski definition) is 2. The van der Waals surface area contributed by atoms with Crippen molar-refractivity contribution in [2.75, 3.05) is 31.6 Å². The van der Waals surface area contributed by atoms with Crippen LogP contribution in [0, 0.1) is 11.8 Å². The number of nitrogens with two attached hydrogens (primary N) is 1. The van der Waals surface area contributed by atoms with Gasteiger partial charge in [-0.05, 0) is 24.9 Å². The van der Waals surface area contributed by atoms with Crippen LogP contribution < -0.4 is 11.1 Å². The minimum absolute atomic E-state index is 0.533. The lowest BCUT2D eigenvalue weighted by Crippen LogP contribution is -2.33. The lowest BCUT2D eigenvalue weighted by Gasteiger charge is -2.18. The zero-order valence-electron chi connectivity index (χ0n) is 8.88. The first-order valence-corrected chi connectivity index (χ1v) is 6.51. The van der Waals surface area contributed by atoms with E-state index >= 15 is 0 Å². The molecule has 0 aromatic rings. The first kappa shape index (κ1) is 13.1. The van der Waals surface area contributed by atoms with Crippen molar-refractivity contribution >= 4 is 10.8 Å². The largest absolute Gasteiger partial charge is 0.330 e. The molecular weight excluding hydrogens is 184 g/mol. The first-order chi connectivity index (χ1) is 6.07. The van der Waals surface area contributed by atoms with Gasteiger partial charge in [0.25, 0.3) is 0 Å². The normalized spacial score (nSPS) is 16.1. The summed E-state index contributed by atoms with van der Waals surface area (Å²) in [5, 5.41) is 3.28. The third kappa shape index (κ3) is 7.16. The van der Waals surface area contributed by atoms with Crippen LogP contribution in [0.3, 0.4) is 0 Å². The Bertz CT molecular complexity index is 151. The van der Waals surface area contributed by atoms with Crippen LogP contribution in [0.25, 0.3) is 0 Å². The molecule has 0 aliphatic rings. The molecule has 0 radical (unpaired) electrons. The van der Waals surface area contributed by atoms with Crippen LogP contribution in [0.4, 0.5) is 0 Å². The highest BCUT2D eigenvalue weighted by molar-refractivity contribution is 7.84. The van der Waals surface area contributed by atoms with Gasteiger partial charge in [-0.25, -0.2) is 0 Å². The van der Waals surface area contributed by atoms with Crippen molar-refractivity contribution in [2.24, 2.45) is 17.6 Å². The minimum Gasteiger partial charge on any atom is -0.330 e. The average molecular weight is 206 g/mol. The van der Waals surface area contributed by atoms with Gasteiger partial charge in [0.2, 0.25) is 0 Å². The molecule has 0 aliphatic carbocycles. The SMILES string of the molecule is CC(C)C(CN)CNCCS(C)=O. The second kappa shape index (κ2) is 7.47. The van der Waals surface area contributed by atoms with Gasteiger partial charge in [0.05, 0.1) is 0 Å². The van der Waals surface area contributed by atoms with Crippen molar-refractivity contribution in [1.29, 1.82) is 0 Å². The summed E-state index contributed by atoms with van der Waals surface area (Å²) < 4.78 is 10.7. The number of rotatable bonds is 7. The van der Waals surface area contributed by atoms with Crippen LogP contribution in [0.5, 0.6) is 0 Å². The van der Waals surface area contributed by atoms with E-state index in [9.17, 15) is 4.21 Å². The van der Waals surface area contributed by atoms with E-state index in [1.54, 1.807) is 6.26 Å². The zero-order chi connectivity index (χ0) is 10.3. The van der Waals surface area contributed by atoms with Crippen molar-refractivity contribution in [3.05, 3.63) is 0 Å². The molecule has 0 aromatic heterocycles. The van der Waals surface area contributed by atoms with Crippen molar-refractivity contribution in [1.82, 2.24) is 5.32 Å². The molecule has 0 rings (SSSR count). The fraction of sp³-hybridized carbons (Fsp3) is 1.00. The molecule has 0 fully saturated rings. The maximum Gasteiger partial charge on any atom is 0.0357 e. The molecule has 3 nitrogen and oxygen atoms in total. The monoisotopic (exact) mass is 206 g/mol. The molecule has 0 amide bonds. The summed E-state index contributed by atoms with van der Waals surface area (Å²) in [6.45, 7) is 6.84. The van der Waals surface area contributed by atoms with Gasteiger partial charge in [0.1, 0.15) is 0 Å². The predicted octanol–water partition coefficient (Wildman–Crippen LogP) is 0.185. The third-order valence-corrected chi connectivity index (χ3v) is 3.00. The minimum atomic E-state index is -0.687. The molecule has 3 N–H and O–H groups in total. The highest BCUT2D eigenvalue weighted by atomic mass is 32.2. The maximum absolute atomic E-state index is 10.7. The molecule has 80 valence electrons. The summed E-state index contributed by atoms with van der Waals surface area (Å²) in [4.78, 5) is 0. The highest BCUT2D eigenvalue weighted by Crippen LogP contribution is 2.06. The van der Waals surface area contributed by atoms with E-state index in [1.165, 1.54) is 0 Å². The summed E-state index contributed by atoms with van der Waals surface area (Å²) in [5.74, 6) is 1.88. The van der Waals surface area contributed by atoms with Gasteiger partial charge in [-0.3, -0.25) is 4.21 Å². The lowest BCUT2D eigenvalue weighted by atomic mass is 9.96. The first-order valence-electron chi connectivity index (χ1n) is 4.78. The Morgan fingerprint density at radius 1 is 1.46 bits per heavy atom. The van der Waals surface area contributed by atoms with E-state index in [1.807, 2.05) is 0 Å². The maximum atomic E-state index is 10.7. The van der Waals surface area contributed by atoms with E-state index in [4.69, 9.17) is 5.73 Å². The molecule has 4 heteroatoms. The van der Waals surface area contributed by atoms with E-state index in [2.05, 4.69) is 19.2 Å². The summed E-state index contributed by atoms with van der Waals surface area (Å²) in [6.07, 6.45) is 1.73. The molecule has 0 saturated carbocycles. The number of nitrogens with one attached hydrogen (secondary N) is 1. The third-order valence-electron chi connectivity index (χ3n) is 2.22. The van der Waals surface area contributed by atoms with E-state index in [-0.39, 0.29) is 0 Å². The van der Waals surface area contributed by atoms with Crippen LogP contribution in [0.15, 0.2) is 0 Å². The molecular formula is C9H22N2OS. The van der Waals surface area contributed by atoms with Crippen molar-refractivity contribution in [2.45, 2.75) is 13.8 Å². The Labute approximate surface area is 83.9 Å². The zero-order valence-corrected chi connectivity index (χ0v) is 9.69. The van der Waals surface area contributed by atoms with Crippen LogP contribution in [-0.2, 0) is 10.8 Å². The Hall–Kier alpha value is 0.0700. The van der Waals surface area contributed by atoms with Crippen LogP contribution in [0.1, 0.15) is 13.8 Å². The molecule has 2 atom stereocenters. The fourth-order valence-electron chi connectivity index (χ4n) is 1.09. The predicted molar refractivity (Wildman–Crippen MR) is 59.2 cm³/mol. The molecule has 0 saturated heterocycles. The van der Waals surface area contributed by atoms with E-state index in [0.717, 1.165) is 25.4 Å². The van der Waals surface area contributed by atoms with Gasteiger partial charge in [-0.2, -0.15) is 0 Å². The fourth-order valence-corrected chi connectivity index (χ4v) is 1.53. The second-order valence-electron chi connectivity index (χ2n) is 3.72. The second-order valence-corrected chi connectivity index (χ2v) is 5.28. The van der Waals surface area contributed by atoms with Gasteiger partial charge >= 0.3 is 0 Å². The molecule has 0 aliphatic heterocycles. The quantitative estimate of drug-likeness (QED) is 0.585. The summed E-state index contributed by atoms with van der Waals surface area (Å²) in [7, 11) is -0.687. The van der Waals surface area contributed by atoms with Gasteiger partial charge in [0, 0.05) is 29.4 Å². The smallest absolute Gasteiger partial charge is 0.0357 e. The highest BCUT2D eigenvalue weighted by Gasteiger charge is 2.09. The van der Waals surface area contributed by atoms with E-state index < -0.39 is 10.8 Å². The standard InChI is InChI=1S/C9H22N2OS/c1-8(2)9(6-10)7-11-4-5-13(3)12/h8-9,11H,4-7,10H2,1-3H3. The molecule has 0 spiro atoms. The van der Waals surface area contributed by atoms with Gasteiger partial charge in [-0.15, -0.1) is 0 Å². The van der Waals surface area contributed by atoms with Crippen LogP contribution in [0.2, 0.25) is 0 Å². The van der Waals surface area contributed by atoms with Crippen LogP contribution in [-0.4, -0.2) is 35.9 Å². The van der Waals surface area contributed by atoms with Crippen molar-refractivity contribution in [3.63, 3.8) is 0 Å². The van der Waals surface area contributed by atoms with Crippen LogP contribution >= 0.6 is 0 Å². The summed E-state index contributed by atoms with van der Waals surface area (Å²) in [6, 6.07) is 0. The van der Waals surface area contributed by atoms with E-state index in [0.29, 0.717) is 11.8 Å². The summed E-state index contributed by atoms with van der Waals surface area (Å²) >= 11 is 0. The Balaban J connectivity index is 3.44. The lowest BCUT2D eigenvalue weighted by molar-refractivity contribution is 0.375. The molecule has 0 heterocycles. The number of hydrogen-bond acceptors (Lipinski definition) is 3. The van der Waals surface area contributed by atoms with Gasteiger partial charge < -0.3 is 11.1 Å². The molecule has 0 aromatic carbocycles. The Morgan fingerprint density at radius 2 is 2.08 bits per heavy atom. The summed E-state index contributed by atoms with van der Waals surface area (Å²) in [5.41, 5.74) is 5.62. The van der Waals surface area contributed by atoms with Crippen molar-refractivity contribution in [3.8, 4) is 0 Å². The Kier molecular flexibility index (Phi) is 7.51. The molecule has 0 bridgehead atoms. The topological polar surface area (TPSA) is 55.1 Å². The molecule has 2 unspecified atom stereocenters. The average Bonchev–Trinajstić information content (AvgIpc) is 2.03. The van der Waals surface area contributed by atoms with Crippen molar-refractivity contribution < 1.29 is 4.21 Å². The molecule has 13 heavy (non-hydrogen) atoms. The van der Waals surface area contributed by atoms with Gasteiger partial charge in [-0.1, -0.05) is 13.8 Å².